The molecule has 4 aromatic rings. The van der Waals surface area contributed by atoms with E-state index in [9.17, 15) is 0 Å². The Morgan fingerprint density at radius 3 is 2.03 bits per heavy atom. The van der Waals surface area contributed by atoms with Crippen molar-refractivity contribution in [2.45, 2.75) is 33.2 Å². The number of quaternary nitrogens is 2. The van der Waals surface area contributed by atoms with Crippen LogP contribution in [0.4, 0.5) is 0 Å². The summed E-state index contributed by atoms with van der Waals surface area (Å²) >= 11 is 3.82. The normalized spacial score (nSPS) is 21.4. The first-order chi connectivity index (χ1) is 17.8. The smallest absolute Gasteiger partial charge is 0.139 e. The lowest BCUT2D eigenvalue weighted by Crippen LogP contribution is -3.28. The van der Waals surface area contributed by atoms with Crippen molar-refractivity contribution >= 4 is 23.5 Å². The van der Waals surface area contributed by atoms with Crippen molar-refractivity contribution in [3.8, 4) is 0 Å². The van der Waals surface area contributed by atoms with Gasteiger partial charge in [-0.25, -0.2) is 0 Å². The highest BCUT2D eigenvalue weighted by molar-refractivity contribution is 7.99. The van der Waals surface area contributed by atoms with E-state index in [4.69, 9.17) is 0 Å². The third-order valence-corrected chi connectivity index (χ3v) is 9.85. The molecule has 0 aliphatic carbocycles. The third kappa shape index (κ3) is 4.88. The van der Waals surface area contributed by atoms with Crippen LogP contribution in [0.25, 0.3) is 0 Å². The molecule has 4 heteroatoms. The Balaban J connectivity index is 1.29. The van der Waals surface area contributed by atoms with E-state index in [1.807, 2.05) is 23.5 Å². The maximum absolute atomic E-state index is 2.48. The zero-order chi connectivity index (χ0) is 24.3. The highest BCUT2D eigenvalue weighted by atomic mass is 32.2. The van der Waals surface area contributed by atoms with Crippen molar-refractivity contribution in [3.05, 3.63) is 125 Å². The molecule has 0 spiro atoms. The molecule has 0 bridgehead atoms. The summed E-state index contributed by atoms with van der Waals surface area (Å²) in [6.45, 7) is 4.77. The quantitative estimate of drug-likeness (QED) is 0.376. The summed E-state index contributed by atoms with van der Waals surface area (Å²) in [5.41, 5.74) is 5.90. The minimum absolute atomic E-state index is 0.398. The average Bonchev–Trinajstić information content (AvgIpc) is 3.11. The number of piperazine rings is 1. The van der Waals surface area contributed by atoms with E-state index in [1.54, 1.807) is 15.4 Å². The summed E-state index contributed by atoms with van der Waals surface area (Å²) in [6, 6.07) is 39.3. The van der Waals surface area contributed by atoms with Gasteiger partial charge in [0.15, 0.2) is 0 Å². The number of hydrogen-bond donors (Lipinski definition) is 2. The lowest BCUT2D eigenvalue weighted by Gasteiger charge is -2.38. The molecule has 36 heavy (non-hydrogen) atoms. The van der Waals surface area contributed by atoms with E-state index in [-0.39, 0.29) is 0 Å². The van der Waals surface area contributed by atoms with Crippen molar-refractivity contribution in [1.82, 2.24) is 0 Å². The molecule has 0 amide bonds. The van der Waals surface area contributed by atoms with Crippen LogP contribution < -0.4 is 9.80 Å². The topological polar surface area (TPSA) is 8.88 Å². The molecule has 2 heterocycles. The van der Waals surface area contributed by atoms with Crippen molar-refractivity contribution in [3.63, 3.8) is 0 Å². The second-order valence-electron chi connectivity index (χ2n) is 9.94. The molecule has 1 atom stereocenters. The van der Waals surface area contributed by atoms with Crippen LogP contribution in [0.15, 0.2) is 118 Å². The predicted molar refractivity (Wildman–Crippen MR) is 151 cm³/mol. The van der Waals surface area contributed by atoms with Crippen molar-refractivity contribution in [2.75, 3.05) is 32.4 Å². The van der Waals surface area contributed by atoms with E-state index >= 15 is 0 Å². The molecule has 1 saturated heterocycles. The number of rotatable bonds is 5. The SMILES string of the molecule is CSc1ccc2c(c1)[C@H]([NH+]1CC[NH+](C(c3ccccc3)c3ccccc3)CC1)Cc1ccccc1S2. The third-order valence-electron chi connectivity index (χ3n) is 7.91. The fourth-order valence-electron chi connectivity index (χ4n) is 6.09. The number of benzene rings is 4. The van der Waals surface area contributed by atoms with Gasteiger partial charge < -0.3 is 9.80 Å². The first-order valence-corrected chi connectivity index (χ1v) is 15.1. The van der Waals surface area contributed by atoms with Gasteiger partial charge >= 0.3 is 0 Å². The summed E-state index contributed by atoms with van der Waals surface area (Å²) in [5, 5.41) is 0. The van der Waals surface area contributed by atoms with Gasteiger partial charge in [-0.3, -0.25) is 0 Å². The Morgan fingerprint density at radius 2 is 1.36 bits per heavy atom. The first kappa shape index (κ1) is 23.9. The van der Waals surface area contributed by atoms with Crippen molar-refractivity contribution in [2.24, 2.45) is 0 Å². The second-order valence-corrected chi connectivity index (χ2v) is 11.9. The number of fused-ring (bicyclic) bond motifs is 2. The molecular weight excluding hydrogens is 477 g/mol. The van der Waals surface area contributed by atoms with Crippen molar-refractivity contribution < 1.29 is 9.80 Å². The summed E-state index contributed by atoms with van der Waals surface area (Å²) in [4.78, 5) is 7.68. The second kappa shape index (κ2) is 10.9. The maximum atomic E-state index is 2.48. The van der Waals surface area contributed by atoms with E-state index in [1.165, 1.54) is 57.6 Å². The fraction of sp³-hybridized carbons (Fsp3) is 0.250. The van der Waals surface area contributed by atoms with Gasteiger partial charge in [-0.05, 0) is 36.1 Å². The number of thioether (sulfide) groups is 1. The van der Waals surface area contributed by atoms with E-state index in [0.717, 1.165) is 6.42 Å². The average molecular weight is 511 g/mol. The van der Waals surface area contributed by atoms with Crippen LogP contribution in [0.5, 0.6) is 0 Å². The fourth-order valence-corrected chi connectivity index (χ4v) is 7.66. The predicted octanol–water partition coefficient (Wildman–Crippen LogP) is 4.73. The van der Waals surface area contributed by atoms with Gasteiger partial charge in [-0.2, -0.15) is 0 Å². The molecule has 2 aliphatic heterocycles. The zero-order valence-electron chi connectivity index (χ0n) is 20.8. The maximum Gasteiger partial charge on any atom is 0.139 e. The van der Waals surface area contributed by atoms with Gasteiger partial charge in [0.05, 0.1) is 0 Å². The Labute approximate surface area is 223 Å². The Hall–Kier alpha value is -2.50. The van der Waals surface area contributed by atoms with Crippen LogP contribution in [0.2, 0.25) is 0 Å². The van der Waals surface area contributed by atoms with Gasteiger partial charge in [0, 0.05) is 37.8 Å². The molecule has 2 aliphatic rings. The lowest BCUT2D eigenvalue weighted by atomic mass is 9.94. The molecule has 0 aromatic heterocycles. The molecule has 2 N–H and O–H groups in total. The molecule has 182 valence electrons. The molecule has 6 rings (SSSR count). The standard InChI is InChI=1S/C32H32N2S2/c1-35-27-16-17-31-28(23-27)29(22-26-14-8-9-15-30(26)36-31)33-18-20-34(21-19-33)32(24-10-4-2-5-11-24)25-12-6-3-7-13-25/h2-17,23,29,32H,18-22H2,1H3/p+2/t29-/m1/s1. The van der Waals surface area contributed by atoms with Crippen LogP contribution in [-0.2, 0) is 6.42 Å². The van der Waals surface area contributed by atoms with Crippen LogP contribution in [0, 0.1) is 0 Å². The molecule has 0 radical (unpaired) electrons. The largest absolute Gasteiger partial charge is 0.319 e. The molecule has 0 saturated carbocycles. The van der Waals surface area contributed by atoms with Crippen LogP contribution in [0.3, 0.4) is 0 Å². The molecule has 0 unspecified atom stereocenters. The van der Waals surface area contributed by atoms with Crippen molar-refractivity contribution in [1.29, 1.82) is 0 Å². The molecule has 4 aromatic carbocycles. The first-order valence-electron chi connectivity index (χ1n) is 13.0. The van der Waals surface area contributed by atoms with Gasteiger partial charge in [-0.1, -0.05) is 90.6 Å². The van der Waals surface area contributed by atoms with Gasteiger partial charge in [0.1, 0.15) is 38.3 Å². The minimum Gasteiger partial charge on any atom is -0.319 e. The Morgan fingerprint density at radius 1 is 0.722 bits per heavy atom. The van der Waals surface area contributed by atoms with Crippen LogP contribution >= 0.6 is 23.5 Å². The number of nitrogens with one attached hydrogen (secondary N) is 2. The minimum atomic E-state index is 0.398. The summed E-state index contributed by atoms with van der Waals surface area (Å²) < 4.78 is 0. The van der Waals surface area contributed by atoms with Gasteiger partial charge in [-0.15, -0.1) is 11.8 Å². The highest BCUT2D eigenvalue weighted by Gasteiger charge is 2.37. The Bertz CT molecular complexity index is 1260. The molecular formula is C32H34N2S2+2. The molecule has 2 nitrogen and oxygen atoms in total. The van der Waals surface area contributed by atoms with Crippen LogP contribution in [-0.4, -0.2) is 32.4 Å². The van der Waals surface area contributed by atoms with E-state index in [2.05, 4.69) is 109 Å². The van der Waals surface area contributed by atoms with Gasteiger partial charge in [0.25, 0.3) is 0 Å². The number of hydrogen-bond acceptors (Lipinski definition) is 2. The monoisotopic (exact) mass is 510 g/mol. The van der Waals surface area contributed by atoms with E-state index < -0.39 is 0 Å². The highest BCUT2D eigenvalue weighted by Crippen LogP contribution is 2.41. The summed E-state index contributed by atoms with van der Waals surface area (Å²) in [7, 11) is 0. The van der Waals surface area contributed by atoms with Gasteiger partial charge in [0.2, 0.25) is 0 Å². The lowest BCUT2D eigenvalue weighted by molar-refractivity contribution is -1.04. The Kier molecular flexibility index (Phi) is 7.20. The zero-order valence-corrected chi connectivity index (χ0v) is 22.5. The summed E-state index contributed by atoms with van der Waals surface area (Å²) in [5.74, 6) is 0. The summed E-state index contributed by atoms with van der Waals surface area (Å²) in [6.07, 6.45) is 3.32. The van der Waals surface area contributed by atoms with Crippen LogP contribution in [0.1, 0.15) is 34.3 Å². The molecule has 1 fully saturated rings. The van der Waals surface area contributed by atoms with E-state index in [0.29, 0.717) is 12.1 Å².